The van der Waals surface area contributed by atoms with E-state index in [1.807, 2.05) is 48.5 Å². The number of hydrogen-bond acceptors (Lipinski definition) is 4. The van der Waals surface area contributed by atoms with Crippen molar-refractivity contribution < 1.29 is 9.47 Å². The van der Waals surface area contributed by atoms with Gasteiger partial charge in [0.1, 0.15) is 11.5 Å². The molecule has 5 heteroatoms. The summed E-state index contributed by atoms with van der Waals surface area (Å²) in [6.07, 6.45) is 0.662. The van der Waals surface area contributed by atoms with E-state index >= 15 is 0 Å². The molecule has 1 aromatic heterocycles. The van der Waals surface area contributed by atoms with Crippen molar-refractivity contribution in [1.29, 1.82) is 0 Å². The van der Waals surface area contributed by atoms with E-state index in [4.69, 9.17) is 9.47 Å². The highest BCUT2D eigenvalue weighted by atomic mass is 16.5. The summed E-state index contributed by atoms with van der Waals surface area (Å²) in [5.74, 6) is 1.53. The Morgan fingerprint density at radius 2 is 1.92 bits per heavy atom. The SMILES string of the molecule is COc1ccc(-n2nc3c(cc2=O)CCOc2ccccc2-3)cc1. The second kappa shape index (κ2) is 5.85. The zero-order valence-electron chi connectivity index (χ0n) is 13.2. The highest BCUT2D eigenvalue weighted by molar-refractivity contribution is 5.70. The lowest BCUT2D eigenvalue weighted by Crippen LogP contribution is -2.22. The van der Waals surface area contributed by atoms with Crippen LogP contribution in [0.15, 0.2) is 59.4 Å². The molecular formula is C19H16N2O3. The Kier molecular flexibility index (Phi) is 3.54. The van der Waals surface area contributed by atoms with Crippen molar-refractivity contribution in [2.75, 3.05) is 13.7 Å². The normalized spacial score (nSPS) is 12.5. The second-order valence-corrected chi connectivity index (χ2v) is 5.56. The van der Waals surface area contributed by atoms with E-state index in [0.29, 0.717) is 18.7 Å². The molecule has 2 aromatic carbocycles. The predicted octanol–water partition coefficient (Wildman–Crippen LogP) is 2.84. The molecule has 0 bridgehead atoms. The van der Waals surface area contributed by atoms with Crippen molar-refractivity contribution in [3.8, 4) is 28.4 Å². The van der Waals surface area contributed by atoms with Gasteiger partial charge in [-0.2, -0.15) is 9.78 Å². The molecule has 0 aliphatic carbocycles. The molecule has 0 fully saturated rings. The Balaban J connectivity index is 1.90. The van der Waals surface area contributed by atoms with Crippen LogP contribution in [0.5, 0.6) is 11.5 Å². The predicted molar refractivity (Wildman–Crippen MR) is 91.0 cm³/mol. The molecule has 5 nitrogen and oxygen atoms in total. The highest BCUT2D eigenvalue weighted by Gasteiger charge is 2.18. The molecule has 0 unspecified atom stereocenters. The minimum absolute atomic E-state index is 0.154. The molecular weight excluding hydrogens is 304 g/mol. The average Bonchev–Trinajstić information content (AvgIpc) is 2.80. The van der Waals surface area contributed by atoms with Crippen LogP contribution in [0.1, 0.15) is 5.56 Å². The maximum atomic E-state index is 12.5. The Bertz CT molecular complexity index is 946. The van der Waals surface area contributed by atoms with Gasteiger partial charge in [0.25, 0.3) is 5.56 Å². The topological polar surface area (TPSA) is 53.4 Å². The fraction of sp³-hybridized carbons (Fsp3) is 0.158. The summed E-state index contributed by atoms with van der Waals surface area (Å²) in [5, 5.41) is 4.62. The highest BCUT2D eigenvalue weighted by Crippen LogP contribution is 2.33. The van der Waals surface area contributed by atoms with Crippen molar-refractivity contribution in [2.24, 2.45) is 0 Å². The van der Waals surface area contributed by atoms with Gasteiger partial charge in [-0.1, -0.05) is 12.1 Å². The summed E-state index contributed by atoms with van der Waals surface area (Å²) >= 11 is 0. The molecule has 0 atom stereocenters. The fourth-order valence-electron chi connectivity index (χ4n) is 2.88. The summed E-state index contributed by atoms with van der Waals surface area (Å²) in [5.41, 5.74) is 3.16. The van der Waals surface area contributed by atoms with E-state index in [1.165, 1.54) is 4.68 Å². The second-order valence-electron chi connectivity index (χ2n) is 5.56. The van der Waals surface area contributed by atoms with E-state index in [0.717, 1.165) is 28.3 Å². The first-order valence-electron chi connectivity index (χ1n) is 7.76. The lowest BCUT2D eigenvalue weighted by atomic mass is 10.0. The van der Waals surface area contributed by atoms with E-state index in [1.54, 1.807) is 13.2 Å². The van der Waals surface area contributed by atoms with Crippen LogP contribution in [0.4, 0.5) is 0 Å². The number of nitrogens with zero attached hydrogens (tertiary/aromatic N) is 2. The third-order valence-electron chi connectivity index (χ3n) is 4.10. The molecule has 0 spiro atoms. The minimum atomic E-state index is -0.154. The van der Waals surface area contributed by atoms with Gasteiger partial charge in [0.15, 0.2) is 0 Å². The first kappa shape index (κ1) is 14.5. The summed E-state index contributed by atoms with van der Waals surface area (Å²) in [6.45, 7) is 0.539. The van der Waals surface area contributed by atoms with Crippen LogP contribution in [0.2, 0.25) is 0 Å². The third-order valence-corrected chi connectivity index (χ3v) is 4.10. The van der Waals surface area contributed by atoms with Gasteiger partial charge in [-0.3, -0.25) is 4.79 Å². The van der Waals surface area contributed by atoms with Gasteiger partial charge in [-0.25, -0.2) is 0 Å². The number of fused-ring (bicyclic) bond motifs is 3. The zero-order chi connectivity index (χ0) is 16.5. The summed E-state index contributed by atoms with van der Waals surface area (Å²) in [4.78, 5) is 12.5. The quantitative estimate of drug-likeness (QED) is 0.728. The number of benzene rings is 2. The van der Waals surface area contributed by atoms with Crippen LogP contribution in [-0.4, -0.2) is 23.5 Å². The first-order valence-corrected chi connectivity index (χ1v) is 7.76. The van der Waals surface area contributed by atoms with E-state index < -0.39 is 0 Å². The van der Waals surface area contributed by atoms with Crippen LogP contribution in [0.3, 0.4) is 0 Å². The van der Waals surface area contributed by atoms with E-state index in [2.05, 4.69) is 5.10 Å². The maximum absolute atomic E-state index is 12.5. The number of methoxy groups -OCH3 is 1. The Morgan fingerprint density at radius 1 is 1.12 bits per heavy atom. The molecule has 0 N–H and O–H groups in total. The molecule has 1 aliphatic rings. The van der Waals surface area contributed by atoms with Crippen molar-refractivity contribution in [3.05, 3.63) is 70.5 Å². The number of rotatable bonds is 2. The molecule has 0 amide bonds. The zero-order valence-corrected chi connectivity index (χ0v) is 13.2. The van der Waals surface area contributed by atoms with Crippen LogP contribution in [0.25, 0.3) is 16.9 Å². The van der Waals surface area contributed by atoms with Crippen molar-refractivity contribution >= 4 is 0 Å². The third kappa shape index (κ3) is 2.44. The number of aromatic nitrogens is 2. The number of ether oxygens (including phenoxy) is 2. The van der Waals surface area contributed by atoms with Gasteiger partial charge >= 0.3 is 0 Å². The van der Waals surface area contributed by atoms with Crippen molar-refractivity contribution in [2.45, 2.75) is 6.42 Å². The van der Waals surface area contributed by atoms with Gasteiger partial charge < -0.3 is 9.47 Å². The van der Waals surface area contributed by atoms with Gasteiger partial charge in [0.05, 0.1) is 25.1 Å². The average molecular weight is 320 g/mol. The van der Waals surface area contributed by atoms with E-state index in [-0.39, 0.29) is 5.56 Å². The van der Waals surface area contributed by atoms with Crippen LogP contribution >= 0.6 is 0 Å². The minimum Gasteiger partial charge on any atom is -0.497 e. The number of hydrogen-bond donors (Lipinski definition) is 0. The van der Waals surface area contributed by atoms with Crippen LogP contribution < -0.4 is 15.0 Å². The maximum Gasteiger partial charge on any atom is 0.271 e. The van der Waals surface area contributed by atoms with Gasteiger partial charge in [0.2, 0.25) is 0 Å². The largest absolute Gasteiger partial charge is 0.497 e. The molecule has 120 valence electrons. The molecule has 0 radical (unpaired) electrons. The van der Waals surface area contributed by atoms with E-state index in [9.17, 15) is 4.79 Å². The molecule has 3 aromatic rings. The van der Waals surface area contributed by atoms with Crippen LogP contribution in [-0.2, 0) is 6.42 Å². The Morgan fingerprint density at radius 3 is 2.71 bits per heavy atom. The summed E-state index contributed by atoms with van der Waals surface area (Å²) < 4.78 is 12.4. The Labute approximate surface area is 139 Å². The van der Waals surface area contributed by atoms with Crippen molar-refractivity contribution in [3.63, 3.8) is 0 Å². The molecule has 1 aliphatic heterocycles. The standard InChI is InChI=1S/C19H16N2O3/c1-23-15-8-6-14(7-9-15)21-18(22)12-13-10-11-24-17-5-3-2-4-16(17)19(13)20-21/h2-9,12H,10-11H2,1H3. The van der Waals surface area contributed by atoms with Gasteiger partial charge in [-0.15, -0.1) is 0 Å². The lowest BCUT2D eigenvalue weighted by Gasteiger charge is -2.11. The van der Waals surface area contributed by atoms with Crippen molar-refractivity contribution in [1.82, 2.24) is 9.78 Å². The van der Waals surface area contributed by atoms with Crippen LogP contribution in [0, 0.1) is 0 Å². The fourth-order valence-corrected chi connectivity index (χ4v) is 2.88. The molecule has 2 heterocycles. The monoisotopic (exact) mass is 320 g/mol. The smallest absolute Gasteiger partial charge is 0.271 e. The van der Waals surface area contributed by atoms with Gasteiger partial charge in [0, 0.05) is 18.1 Å². The Hall–Kier alpha value is -3.08. The summed E-state index contributed by atoms with van der Waals surface area (Å²) in [7, 11) is 1.61. The molecule has 0 saturated heterocycles. The molecule has 4 rings (SSSR count). The molecule has 0 saturated carbocycles. The number of para-hydroxylation sites is 1. The lowest BCUT2D eigenvalue weighted by molar-refractivity contribution is 0.326. The van der Waals surface area contributed by atoms with Gasteiger partial charge in [-0.05, 0) is 42.0 Å². The molecule has 24 heavy (non-hydrogen) atoms. The first-order chi connectivity index (χ1) is 11.8. The summed E-state index contributed by atoms with van der Waals surface area (Å²) in [6, 6.07) is 16.7.